The summed E-state index contributed by atoms with van der Waals surface area (Å²) in [5, 5.41) is 4.36. The second kappa shape index (κ2) is 7.26. The summed E-state index contributed by atoms with van der Waals surface area (Å²) in [5.74, 6) is 6.58. The monoisotopic (exact) mass is 354 g/mol. The number of aromatic nitrogens is 2. The van der Waals surface area contributed by atoms with Crippen molar-refractivity contribution < 1.29 is 0 Å². The van der Waals surface area contributed by atoms with Gasteiger partial charge < -0.3 is 0 Å². The van der Waals surface area contributed by atoms with Gasteiger partial charge in [0.15, 0.2) is 0 Å². The number of nitrogens with zero attached hydrogens (tertiary/aromatic N) is 2. The average molecular weight is 355 g/mol. The van der Waals surface area contributed by atoms with E-state index in [1.54, 1.807) is 11.8 Å². The number of aryl methyl sites for hydroxylation is 2. The first-order chi connectivity index (χ1) is 9.60. The molecule has 0 radical (unpaired) electrons. The lowest BCUT2D eigenvalue weighted by molar-refractivity contribution is 0.551. The van der Waals surface area contributed by atoms with E-state index >= 15 is 0 Å². The van der Waals surface area contributed by atoms with Crippen LogP contribution in [0.2, 0.25) is 0 Å². The number of hydrazine groups is 1. The Labute approximate surface area is 132 Å². The fourth-order valence-corrected chi connectivity index (χ4v) is 3.63. The third kappa shape index (κ3) is 4.09. The zero-order valence-electron chi connectivity index (χ0n) is 11.6. The largest absolute Gasteiger partial charge is 0.272 e. The number of halogens is 1. The minimum Gasteiger partial charge on any atom is -0.272 e. The summed E-state index contributed by atoms with van der Waals surface area (Å²) >= 11 is 5.36. The van der Waals surface area contributed by atoms with E-state index in [2.05, 4.69) is 44.7 Å². The molecule has 0 aliphatic rings. The summed E-state index contributed by atoms with van der Waals surface area (Å²) in [6, 6.07) is 10.5. The summed E-state index contributed by atoms with van der Waals surface area (Å²) in [6.45, 7) is 2.00. The van der Waals surface area contributed by atoms with Gasteiger partial charge in [0.2, 0.25) is 0 Å². The van der Waals surface area contributed by atoms with E-state index in [1.165, 1.54) is 10.6 Å². The number of thioether (sulfide) groups is 1. The van der Waals surface area contributed by atoms with E-state index in [4.69, 9.17) is 5.84 Å². The Morgan fingerprint density at radius 3 is 2.80 bits per heavy atom. The lowest BCUT2D eigenvalue weighted by Crippen LogP contribution is -2.39. The first-order valence-electron chi connectivity index (χ1n) is 6.43. The number of benzene rings is 1. The molecule has 3 N–H and O–H groups in total. The molecule has 1 aromatic heterocycles. The highest BCUT2D eigenvalue weighted by Crippen LogP contribution is 2.27. The molecular formula is C14H19BrN4S. The molecule has 108 valence electrons. The lowest BCUT2D eigenvalue weighted by Gasteiger charge is -2.16. The van der Waals surface area contributed by atoms with Crippen molar-refractivity contribution >= 4 is 27.7 Å². The molecule has 0 fully saturated rings. The lowest BCUT2D eigenvalue weighted by atomic mass is 10.2. The van der Waals surface area contributed by atoms with E-state index < -0.39 is 0 Å². The number of nitrogens with one attached hydrogen (secondary N) is 1. The van der Waals surface area contributed by atoms with Crippen LogP contribution in [-0.4, -0.2) is 21.6 Å². The highest BCUT2D eigenvalue weighted by molar-refractivity contribution is 9.10. The molecule has 20 heavy (non-hydrogen) atoms. The van der Waals surface area contributed by atoms with Gasteiger partial charge in [-0.25, -0.2) is 0 Å². The third-order valence-electron chi connectivity index (χ3n) is 3.07. The maximum absolute atomic E-state index is 5.67. The van der Waals surface area contributed by atoms with E-state index in [9.17, 15) is 0 Å². The van der Waals surface area contributed by atoms with E-state index in [0.717, 1.165) is 22.3 Å². The van der Waals surface area contributed by atoms with Gasteiger partial charge in [-0.1, -0.05) is 12.1 Å². The van der Waals surface area contributed by atoms with Crippen LogP contribution in [0, 0.1) is 6.92 Å². The van der Waals surface area contributed by atoms with Crippen molar-refractivity contribution in [2.24, 2.45) is 12.9 Å². The molecule has 0 saturated heterocycles. The second-order valence-corrected chi connectivity index (χ2v) is 6.63. The average Bonchev–Trinajstić information content (AvgIpc) is 2.74. The number of rotatable bonds is 6. The minimum absolute atomic E-state index is 0.210. The number of hydrogen-bond acceptors (Lipinski definition) is 4. The van der Waals surface area contributed by atoms with Crippen LogP contribution in [0.15, 0.2) is 39.7 Å². The van der Waals surface area contributed by atoms with Crippen LogP contribution < -0.4 is 11.3 Å². The van der Waals surface area contributed by atoms with Crippen molar-refractivity contribution in [3.8, 4) is 0 Å². The molecule has 0 spiro atoms. The number of nitrogens with two attached hydrogens (primary N) is 1. The summed E-state index contributed by atoms with van der Waals surface area (Å²) in [4.78, 5) is 1.23. The molecular weight excluding hydrogens is 336 g/mol. The van der Waals surface area contributed by atoms with Crippen LogP contribution >= 0.6 is 27.7 Å². The summed E-state index contributed by atoms with van der Waals surface area (Å²) < 4.78 is 3.04. The van der Waals surface area contributed by atoms with E-state index in [0.29, 0.717) is 0 Å². The molecule has 0 amide bonds. The molecule has 2 rings (SSSR count). The molecule has 0 aliphatic carbocycles. The standard InChI is InChI=1S/C14H19BrN4S/c1-10-7-12(19(2)18-10)8-11(17-16)9-20-14-6-4-3-5-13(14)15/h3-7,11,17H,8-9,16H2,1-2H3. The van der Waals surface area contributed by atoms with Gasteiger partial charge in [-0.15, -0.1) is 11.8 Å². The zero-order chi connectivity index (χ0) is 14.5. The van der Waals surface area contributed by atoms with Gasteiger partial charge >= 0.3 is 0 Å². The fourth-order valence-electron chi connectivity index (χ4n) is 2.03. The van der Waals surface area contributed by atoms with Gasteiger partial charge in [-0.05, 0) is 41.1 Å². The molecule has 2 aromatic rings. The first-order valence-corrected chi connectivity index (χ1v) is 8.21. The Morgan fingerprint density at radius 1 is 1.45 bits per heavy atom. The van der Waals surface area contributed by atoms with Crippen molar-refractivity contribution in [3.63, 3.8) is 0 Å². The molecule has 0 bridgehead atoms. The van der Waals surface area contributed by atoms with Gasteiger partial charge in [0.1, 0.15) is 0 Å². The van der Waals surface area contributed by atoms with Crippen LogP contribution in [0.25, 0.3) is 0 Å². The Balaban J connectivity index is 1.96. The molecule has 1 unspecified atom stereocenters. The third-order valence-corrected chi connectivity index (χ3v) is 5.26. The highest BCUT2D eigenvalue weighted by Gasteiger charge is 2.12. The molecule has 4 nitrogen and oxygen atoms in total. The first kappa shape index (κ1) is 15.6. The van der Waals surface area contributed by atoms with Crippen LogP contribution in [-0.2, 0) is 13.5 Å². The molecule has 0 aliphatic heterocycles. The quantitative estimate of drug-likeness (QED) is 0.475. The highest BCUT2D eigenvalue weighted by atomic mass is 79.9. The van der Waals surface area contributed by atoms with Gasteiger partial charge in [-0.2, -0.15) is 5.10 Å². The van der Waals surface area contributed by atoms with Crippen molar-refractivity contribution in [2.75, 3.05) is 5.75 Å². The van der Waals surface area contributed by atoms with Crippen LogP contribution in [0.1, 0.15) is 11.4 Å². The molecule has 1 atom stereocenters. The van der Waals surface area contributed by atoms with Crippen LogP contribution in [0.5, 0.6) is 0 Å². The SMILES string of the molecule is Cc1cc(CC(CSc2ccccc2Br)NN)n(C)n1. The normalized spacial score (nSPS) is 12.6. The summed E-state index contributed by atoms with van der Waals surface area (Å²) in [7, 11) is 1.97. The van der Waals surface area contributed by atoms with E-state index in [1.807, 2.05) is 30.8 Å². The Kier molecular flexibility index (Phi) is 5.65. The predicted molar refractivity (Wildman–Crippen MR) is 87.6 cm³/mol. The van der Waals surface area contributed by atoms with Crippen LogP contribution in [0.4, 0.5) is 0 Å². The Bertz CT molecular complexity index is 570. The maximum Gasteiger partial charge on any atom is 0.0596 e. The van der Waals surface area contributed by atoms with Crippen LogP contribution in [0.3, 0.4) is 0 Å². The van der Waals surface area contributed by atoms with Crippen molar-refractivity contribution in [2.45, 2.75) is 24.3 Å². The van der Waals surface area contributed by atoms with Gasteiger partial charge in [-0.3, -0.25) is 16.0 Å². The van der Waals surface area contributed by atoms with E-state index in [-0.39, 0.29) is 6.04 Å². The maximum atomic E-state index is 5.67. The predicted octanol–water partition coefficient (Wildman–Crippen LogP) is 2.66. The molecule has 1 aromatic carbocycles. The second-order valence-electron chi connectivity index (χ2n) is 4.71. The van der Waals surface area contributed by atoms with Gasteiger partial charge in [0, 0.05) is 40.3 Å². The zero-order valence-corrected chi connectivity index (χ0v) is 14.0. The summed E-state index contributed by atoms with van der Waals surface area (Å²) in [5.41, 5.74) is 5.13. The molecule has 0 saturated carbocycles. The minimum atomic E-state index is 0.210. The summed E-state index contributed by atoms with van der Waals surface area (Å²) in [6.07, 6.45) is 0.866. The molecule has 1 heterocycles. The van der Waals surface area contributed by atoms with Crippen molar-refractivity contribution in [1.29, 1.82) is 0 Å². The fraction of sp³-hybridized carbons (Fsp3) is 0.357. The Morgan fingerprint density at radius 2 is 2.20 bits per heavy atom. The topological polar surface area (TPSA) is 55.9 Å². The molecule has 6 heteroatoms. The number of hydrogen-bond donors (Lipinski definition) is 2. The Hall–Kier alpha value is -0.820. The smallest absolute Gasteiger partial charge is 0.0596 e. The van der Waals surface area contributed by atoms with Crippen molar-refractivity contribution in [1.82, 2.24) is 15.2 Å². The van der Waals surface area contributed by atoms with Crippen molar-refractivity contribution in [3.05, 3.63) is 46.2 Å². The van der Waals surface area contributed by atoms with Gasteiger partial charge in [0.25, 0.3) is 0 Å². The van der Waals surface area contributed by atoms with Gasteiger partial charge in [0.05, 0.1) is 5.69 Å².